The predicted octanol–water partition coefficient (Wildman–Crippen LogP) is 3.82. The molecule has 7 heteroatoms. The van der Waals surface area contributed by atoms with Gasteiger partial charge in [0.2, 0.25) is 5.91 Å². The second kappa shape index (κ2) is 9.09. The highest BCUT2D eigenvalue weighted by atomic mass is 16.5. The number of benzene rings is 2. The van der Waals surface area contributed by atoms with Crippen LogP contribution in [0.3, 0.4) is 0 Å². The standard InChI is InChI=1S/C25H25N3O4/c1-16-6-4-7-18(12-16)28-21(24-20(25(28)30)8-5-11-26-24)14-23(29)27-15-17-13-19(31-2)9-10-22(17)32-3/h4-13,21H,14-15H2,1-3H3,(H,27,29)/t21-/m1/s1. The Labute approximate surface area is 187 Å². The third-order valence-corrected chi connectivity index (χ3v) is 5.54. The third-order valence-electron chi connectivity index (χ3n) is 5.54. The Morgan fingerprint density at radius 2 is 1.94 bits per heavy atom. The Morgan fingerprint density at radius 1 is 1.09 bits per heavy atom. The van der Waals surface area contributed by atoms with E-state index in [-0.39, 0.29) is 24.8 Å². The van der Waals surface area contributed by atoms with Crippen molar-refractivity contribution >= 4 is 17.5 Å². The Morgan fingerprint density at radius 3 is 2.69 bits per heavy atom. The Bertz CT molecular complexity index is 1160. The topological polar surface area (TPSA) is 80.8 Å². The molecule has 0 spiro atoms. The average molecular weight is 431 g/mol. The van der Waals surface area contributed by atoms with Crippen LogP contribution in [0, 0.1) is 6.92 Å². The van der Waals surface area contributed by atoms with Crippen molar-refractivity contribution in [2.75, 3.05) is 19.1 Å². The molecular weight excluding hydrogens is 406 g/mol. The summed E-state index contributed by atoms with van der Waals surface area (Å²) in [6.45, 7) is 2.25. The van der Waals surface area contributed by atoms with Gasteiger partial charge in [0.25, 0.3) is 5.91 Å². The summed E-state index contributed by atoms with van der Waals surface area (Å²) in [4.78, 5) is 32.2. The largest absolute Gasteiger partial charge is 0.497 e. The molecule has 32 heavy (non-hydrogen) atoms. The number of rotatable bonds is 7. The molecular formula is C25H25N3O4. The first-order valence-corrected chi connectivity index (χ1v) is 10.3. The number of fused-ring (bicyclic) bond motifs is 1. The van der Waals surface area contributed by atoms with E-state index in [0.717, 1.165) is 16.8 Å². The first kappa shape index (κ1) is 21.4. The first-order chi connectivity index (χ1) is 15.5. The molecule has 7 nitrogen and oxygen atoms in total. The maximum absolute atomic E-state index is 13.2. The Kier molecular flexibility index (Phi) is 6.07. The minimum absolute atomic E-state index is 0.0932. The molecule has 0 saturated heterocycles. The maximum Gasteiger partial charge on any atom is 0.260 e. The molecule has 2 heterocycles. The molecule has 0 radical (unpaired) electrons. The number of aromatic nitrogens is 1. The van der Waals surface area contributed by atoms with Crippen LogP contribution >= 0.6 is 0 Å². The van der Waals surface area contributed by atoms with E-state index in [1.165, 1.54) is 0 Å². The SMILES string of the molecule is COc1ccc(OC)c(CNC(=O)C[C@@H]2c3ncccc3C(=O)N2c2cccc(C)c2)c1. The van der Waals surface area contributed by atoms with Gasteiger partial charge in [-0.3, -0.25) is 19.5 Å². The van der Waals surface area contributed by atoms with Crippen molar-refractivity contribution in [2.45, 2.75) is 25.9 Å². The lowest BCUT2D eigenvalue weighted by atomic mass is 10.1. The second-order valence-electron chi connectivity index (χ2n) is 7.62. The molecule has 164 valence electrons. The fourth-order valence-electron chi connectivity index (χ4n) is 3.98. The van der Waals surface area contributed by atoms with Crippen molar-refractivity contribution in [3.8, 4) is 11.5 Å². The Hall–Kier alpha value is -3.87. The number of nitrogens with one attached hydrogen (secondary N) is 1. The van der Waals surface area contributed by atoms with Crippen LogP contribution in [0.15, 0.2) is 60.8 Å². The van der Waals surface area contributed by atoms with E-state index >= 15 is 0 Å². The van der Waals surface area contributed by atoms with E-state index in [1.54, 1.807) is 49.6 Å². The lowest BCUT2D eigenvalue weighted by molar-refractivity contribution is -0.121. The minimum atomic E-state index is -0.479. The maximum atomic E-state index is 13.2. The average Bonchev–Trinajstić information content (AvgIpc) is 3.09. The van der Waals surface area contributed by atoms with E-state index in [9.17, 15) is 9.59 Å². The van der Waals surface area contributed by atoms with Crippen molar-refractivity contribution in [3.63, 3.8) is 0 Å². The highest BCUT2D eigenvalue weighted by Gasteiger charge is 2.39. The summed E-state index contributed by atoms with van der Waals surface area (Å²) in [7, 11) is 3.17. The van der Waals surface area contributed by atoms with Gasteiger partial charge in [-0.2, -0.15) is 0 Å². The molecule has 4 rings (SSSR count). The van der Waals surface area contributed by atoms with Crippen molar-refractivity contribution in [1.82, 2.24) is 10.3 Å². The number of methoxy groups -OCH3 is 2. The summed E-state index contributed by atoms with van der Waals surface area (Å²) >= 11 is 0. The van der Waals surface area contributed by atoms with E-state index in [0.29, 0.717) is 22.8 Å². The van der Waals surface area contributed by atoms with Gasteiger partial charge in [-0.15, -0.1) is 0 Å². The number of hydrogen-bond acceptors (Lipinski definition) is 5. The van der Waals surface area contributed by atoms with Crippen molar-refractivity contribution in [2.24, 2.45) is 0 Å². The molecule has 2 amide bonds. The molecule has 0 saturated carbocycles. The van der Waals surface area contributed by atoms with Crippen molar-refractivity contribution in [1.29, 1.82) is 0 Å². The minimum Gasteiger partial charge on any atom is -0.497 e. The fraction of sp³-hybridized carbons (Fsp3) is 0.240. The van der Waals surface area contributed by atoms with Crippen LogP contribution in [0.5, 0.6) is 11.5 Å². The number of aryl methyl sites for hydroxylation is 1. The third kappa shape index (κ3) is 4.14. The molecule has 0 bridgehead atoms. The van der Waals surface area contributed by atoms with Crippen molar-refractivity contribution in [3.05, 3.63) is 83.2 Å². The molecule has 0 unspecified atom stereocenters. The van der Waals surface area contributed by atoms with Gasteiger partial charge in [-0.05, 0) is 55.0 Å². The van der Waals surface area contributed by atoms with Crippen LogP contribution in [0.25, 0.3) is 0 Å². The summed E-state index contributed by atoms with van der Waals surface area (Å²) < 4.78 is 10.7. The number of hydrogen-bond donors (Lipinski definition) is 1. The number of carbonyl (C=O) groups excluding carboxylic acids is 2. The van der Waals surface area contributed by atoms with Gasteiger partial charge in [-0.25, -0.2) is 0 Å². The quantitative estimate of drug-likeness (QED) is 0.615. The van der Waals surface area contributed by atoms with Gasteiger partial charge in [-0.1, -0.05) is 12.1 Å². The monoisotopic (exact) mass is 431 g/mol. The number of ether oxygens (including phenoxy) is 2. The number of carbonyl (C=O) groups is 2. The fourth-order valence-corrected chi connectivity index (χ4v) is 3.98. The lowest BCUT2D eigenvalue weighted by Gasteiger charge is -2.25. The number of amides is 2. The van der Waals surface area contributed by atoms with Gasteiger partial charge < -0.3 is 14.8 Å². The Balaban J connectivity index is 1.56. The molecule has 1 aliphatic rings. The van der Waals surface area contributed by atoms with E-state index in [1.807, 2.05) is 37.3 Å². The number of anilines is 1. The zero-order valence-electron chi connectivity index (χ0n) is 18.3. The van der Waals surface area contributed by atoms with Gasteiger partial charge in [0, 0.05) is 24.0 Å². The van der Waals surface area contributed by atoms with Crippen LogP contribution in [-0.2, 0) is 11.3 Å². The van der Waals surface area contributed by atoms with E-state index in [2.05, 4.69) is 10.3 Å². The predicted molar refractivity (Wildman–Crippen MR) is 121 cm³/mol. The molecule has 3 aromatic rings. The molecule has 1 atom stereocenters. The molecule has 1 aromatic heterocycles. The number of nitrogens with zero attached hydrogens (tertiary/aromatic N) is 2. The summed E-state index contributed by atoms with van der Waals surface area (Å²) in [6, 6.07) is 16.1. The van der Waals surface area contributed by atoms with Crippen molar-refractivity contribution < 1.29 is 19.1 Å². The summed E-state index contributed by atoms with van der Waals surface area (Å²) in [5, 5.41) is 2.94. The van der Waals surface area contributed by atoms with Gasteiger partial charge >= 0.3 is 0 Å². The highest BCUT2D eigenvalue weighted by Crippen LogP contribution is 2.38. The normalized spacial score (nSPS) is 14.8. The zero-order valence-corrected chi connectivity index (χ0v) is 18.3. The summed E-state index contributed by atoms with van der Waals surface area (Å²) in [6.07, 6.45) is 1.74. The van der Waals surface area contributed by atoms with Crippen LogP contribution in [0.4, 0.5) is 5.69 Å². The smallest absolute Gasteiger partial charge is 0.260 e. The highest BCUT2D eigenvalue weighted by molar-refractivity contribution is 6.11. The van der Waals surface area contributed by atoms with E-state index < -0.39 is 6.04 Å². The van der Waals surface area contributed by atoms with Crippen LogP contribution in [-0.4, -0.2) is 31.0 Å². The molecule has 2 aromatic carbocycles. The second-order valence-corrected chi connectivity index (χ2v) is 7.62. The molecule has 0 fully saturated rings. The molecule has 0 aliphatic carbocycles. The van der Waals surface area contributed by atoms with Crippen LogP contribution in [0.1, 0.15) is 39.6 Å². The van der Waals surface area contributed by atoms with E-state index in [4.69, 9.17) is 9.47 Å². The van der Waals surface area contributed by atoms with Gasteiger partial charge in [0.1, 0.15) is 11.5 Å². The number of pyridine rings is 1. The zero-order chi connectivity index (χ0) is 22.7. The van der Waals surface area contributed by atoms with Gasteiger partial charge in [0.15, 0.2) is 0 Å². The first-order valence-electron chi connectivity index (χ1n) is 10.3. The summed E-state index contributed by atoms with van der Waals surface area (Å²) in [5.74, 6) is 1.01. The lowest BCUT2D eigenvalue weighted by Crippen LogP contribution is -2.33. The van der Waals surface area contributed by atoms with Crippen LogP contribution in [0.2, 0.25) is 0 Å². The molecule has 1 N–H and O–H groups in total. The summed E-state index contributed by atoms with van der Waals surface area (Å²) in [5.41, 5.74) is 3.74. The van der Waals surface area contributed by atoms with Gasteiger partial charge in [0.05, 0.1) is 37.9 Å². The molecule has 1 aliphatic heterocycles. The van der Waals surface area contributed by atoms with Crippen LogP contribution < -0.4 is 19.7 Å².